The molecule has 0 atom stereocenters. The highest BCUT2D eigenvalue weighted by Gasteiger charge is 2.08. The number of methoxy groups -OCH3 is 2. The van der Waals surface area contributed by atoms with E-state index in [2.05, 4.69) is 4.98 Å². The summed E-state index contributed by atoms with van der Waals surface area (Å²) in [5.74, 6) is 1.31. The SMILES string of the molecule is COc1ccc(Cn2cnc3ccsc3c2=O)cc1OC. The first-order chi connectivity index (χ1) is 10.2. The monoisotopic (exact) mass is 302 g/mol. The van der Waals surface area contributed by atoms with Crippen molar-refractivity contribution >= 4 is 21.6 Å². The van der Waals surface area contributed by atoms with Gasteiger partial charge in [-0.25, -0.2) is 4.98 Å². The molecule has 5 nitrogen and oxygen atoms in total. The molecule has 108 valence electrons. The van der Waals surface area contributed by atoms with Gasteiger partial charge >= 0.3 is 0 Å². The number of nitrogens with zero attached hydrogens (tertiary/aromatic N) is 2. The molecule has 2 aromatic heterocycles. The maximum atomic E-state index is 12.3. The molecular formula is C15H14N2O3S. The number of thiophene rings is 1. The second kappa shape index (κ2) is 5.57. The Morgan fingerprint density at radius 1 is 1.19 bits per heavy atom. The second-order valence-electron chi connectivity index (χ2n) is 4.50. The molecule has 0 amide bonds. The average Bonchev–Trinajstić information content (AvgIpc) is 2.99. The fraction of sp³-hybridized carbons (Fsp3) is 0.200. The van der Waals surface area contributed by atoms with Gasteiger partial charge in [-0.2, -0.15) is 0 Å². The number of rotatable bonds is 4. The van der Waals surface area contributed by atoms with Crippen LogP contribution in [0, 0.1) is 0 Å². The maximum absolute atomic E-state index is 12.3. The summed E-state index contributed by atoms with van der Waals surface area (Å²) in [6.45, 7) is 0.444. The van der Waals surface area contributed by atoms with Crippen molar-refractivity contribution in [3.05, 3.63) is 51.9 Å². The van der Waals surface area contributed by atoms with Crippen molar-refractivity contribution in [1.29, 1.82) is 0 Å². The first-order valence-corrected chi connectivity index (χ1v) is 7.24. The van der Waals surface area contributed by atoms with E-state index in [0.29, 0.717) is 22.7 Å². The van der Waals surface area contributed by atoms with Gasteiger partial charge in [-0.15, -0.1) is 11.3 Å². The Morgan fingerprint density at radius 2 is 2.00 bits per heavy atom. The van der Waals surface area contributed by atoms with Crippen molar-refractivity contribution in [1.82, 2.24) is 9.55 Å². The highest BCUT2D eigenvalue weighted by Crippen LogP contribution is 2.27. The zero-order chi connectivity index (χ0) is 14.8. The van der Waals surface area contributed by atoms with E-state index >= 15 is 0 Å². The molecule has 1 aromatic carbocycles. The van der Waals surface area contributed by atoms with Crippen LogP contribution in [0.15, 0.2) is 40.8 Å². The summed E-state index contributed by atoms with van der Waals surface area (Å²) in [5, 5.41) is 1.87. The lowest BCUT2D eigenvalue weighted by molar-refractivity contribution is 0.354. The summed E-state index contributed by atoms with van der Waals surface area (Å²) in [7, 11) is 3.18. The van der Waals surface area contributed by atoms with Gasteiger partial charge in [-0.1, -0.05) is 6.07 Å². The van der Waals surface area contributed by atoms with Crippen LogP contribution in [-0.2, 0) is 6.54 Å². The lowest BCUT2D eigenvalue weighted by Crippen LogP contribution is -2.20. The number of benzene rings is 1. The van der Waals surface area contributed by atoms with Crippen molar-refractivity contribution in [2.45, 2.75) is 6.54 Å². The molecule has 0 saturated heterocycles. The van der Waals surface area contributed by atoms with Gasteiger partial charge in [0.2, 0.25) is 0 Å². The van der Waals surface area contributed by atoms with Gasteiger partial charge in [-0.3, -0.25) is 9.36 Å². The van der Waals surface area contributed by atoms with Crippen molar-refractivity contribution in [3.8, 4) is 11.5 Å². The summed E-state index contributed by atoms with van der Waals surface area (Å²) in [4.78, 5) is 16.6. The quantitative estimate of drug-likeness (QED) is 0.743. The minimum absolute atomic E-state index is 0.0233. The predicted molar refractivity (Wildman–Crippen MR) is 82.5 cm³/mol. The number of ether oxygens (including phenoxy) is 2. The molecule has 6 heteroatoms. The minimum Gasteiger partial charge on any atom is -0.493 e. The van der Waals surface area contributed by atoms with Gasteiger partial charge in [0.25, 0.3) is 5.56 Å². The third-order valence-corrected chi connectivity index (χ3v) is 4.13. The van der Waals surface area contributed by atoms with Crippen LogP contribution in [0.4, 0.5) is 0 Å². The van der Waals surface area contributed by atoms with E-state index in [1.165, 1.54) is 11.3 Å². The van der Waals surface area contributed by atoms with E-state index in [1.807, 2.05) is 29.6 Å². The van der Waals surface area contributed by atoms with Gasteiger partial charge in [0.15, 0.2) is 11.5 Å². The van der Waals surface area contributed by atoms with Crippen LogP contribution >= 0.6 is 11.3 Å². The first kappa shape index (κ1) is 13.6. The van der Waals surface area contributed by atoms with Crippen LogP contribution in [0.5, 0.6) is 11.5 Å². The Balaban J connectivity index is 1.98. The molecular weight excluding hydrogens is 288 g/mol. The zero-order valence-electron chi connectivity index (χ0n) is 11.7. The topological polar surface area (TPSA) is 53.4 Å². The zero-order valence-corrected chi connectivity index (χ0v) is 12.5. The Labute approximate surface area is 125 Å². The Bertz CT molecular complexity index is 838. The van der Waals surface area contributed by atoms with Gasteiger partial charge in [0.05, 0.1) is 32.6 Å². The summed E-state index contributed by atoms with van der Waals surface area (Å²) < 4.78 is 12.8. The molecule has 0 bridgehead atoms. The molecule has 0 aliphatic rings. The van der Waals surface area contributed by atoms with Gasteiger partial charge in [0.1, 0.15) is 4.70 Å². The number of hydrogen-bond donors (Lipinski definition) is 0. The van der Waals surface area contributed by atoms with E-state index < -0.39 is 0 Å². The van der Waals surface area contributed by atoms with Crippen LogP contribution in [0.1, 0.15) is 5.56 Å². The third kappa shape index (κ3) is 2.50. The molecule has 2 heterocycles. The molecule has 3 rings (SSSR count). The molecule has 0 radical (unpaired) electrons. The van der Waals surface area contributed by atoms with E-state index in [-0.39, 0.29) is 5.56 Å². The summed E-state index contributed by atoms with van der Waals surface area (Å²) in [6.07, 6.45) is 1.58. The number of aromatic nitrogens is 2. The highest BCUT2D eigenvalue weighted by atomic mass is 32.1. The molecule has 0 aliphatic carbocycles. The van der Waals surface area contributed by atoms with E-state index in [9.17, 15) is 4.79 Å². The van der Waals surface area contributed by atoms with Crippen molar-refractivity contribution in [2.75, 3.05) is 14.2 Å². The van der Waals surface area contributed by atoms with Crippen molar-refractivity contribution < 1.29 is 9.47 Å². The van der Waals surface area contributed by atoms with Crippen molar-refractivity contribution in [2.24, 2.45) is 0 Å². The Hall–Kier alpha value is -2.34. The number of fused-ring (bicyclic) bond motifs is 1. The van der Waals surface area contributed by atoms with E-state index in [4.69, 9.17) is 9.47 Å². The molecule has 0 unspecified atom stereocenters. The third-order valence-electron chi connectivity index (χ3n) is 3.24. The van der Waals surface area contributed by atoms with Crippen LogP contribution in [0.25, 0.3) is 10.2 Å². The molecule has 0 saturated carbocycles. The van der Waals surface area contributed by atoms with Crippen LogP contribution in [0.3, 0.4) is 0 Å². The smallest absolute Gasteiger partial charge is 0.271 e. The fourth-order valence-electron chi connectivity index (χ4n) is 2.17. The molecule has 0 aliphatic heterocycles. The normalized spacial score (nSPS) is 10.8. The molecule has 3 aromatic rings. The molecule has 0 N–H and O–H groups in total. The Morgan fingerprint density at radius 3 is 2.76 bits per heavy atom. The lowest BCUT2D eigenvalue weighted by atomic mass is 10.2. The highest BCUT2D eigenvalue weighted by molar-refractivity contribution is 7.17. The predicted octanol–water partition coefficient (Wildman–Crippen LogP) is 2.52. The molecule has 0 spiro atoms. The molecule has 21 heavy (non-hydrogen) atoms. The average molecular weight is 302 g/mol. The summed E-state index contributed by atoms with van der Waals surface area (Å²) >= 11 is 1.41. The Kier molecular flexibility index (Phi) is 3.62. The van der Waals surface area contributed by atoms with Gasteiger partial charge in [0, 0.05) is 0 Å². The van der Waals surface area contributed by atoms with Crippen molar-refractivity contribution in [3.63, 3.8) is 0 Å². The first-order valence-electron chi connectivity index (χ1n) is 6.36. The van der Waals surface area contributed by atoms with Crippen LogP contribution < -0.4 is 15.0 Å². The molecule has 0 fully saturated rings. The maximum Gasteiger partial charge on any atom is 0.271 e. The lowest BCUT2D eigenvalue weighted by Gasteiger charge is -2.10. The standard InChI is InChI=1S/C15H14N2O3S/c1-19-12-4-3-10(7-13(12)20-2)8-17-9-16-11-5-6-21-14(11)15(17)18/h3-7,9H,8H2,1-2H3. The largest absolute Gasteiger partial charge is 0.493 e. The number of hydrogen-bond acceptors (Lipinski definition) is 5. The van der Waals surface area contributed by atoms with Gasteiger partial charge in [-0.05, 0) is 29.1 Å². The van der Waals surface area contributed by atoms with Crippen LogP contribution in [0.2, 0.25) is 0 Å². The second-order valence-corrected chi connectivity index (χ2v) is 5.42. The summed E-state index contributed by atoms with van der Waals surface area (Å²) in [5.41, 5.74) is 1.67. The van der Waals surface area contributed by atoms with E-state index in [1.54, 1.807) is 25.1 Å². The minimum atomic E-state index is -0.0233. The van der Waals surface area contributed by atoms with Crippen LogP contribution in [-0.4, -0.2) is 23.8 Å². The summed E-state index contributed by atoms with van der Waals surface area (Å²) in [6, 6.07) is 7.45. The fourth-order valence-corrected chi connectivity index (χ4v) is 2.96. The van der Waals surface area contributed by atoms with E-state index in [0.717, 1.165) is 11.1 Å². The van der Waals surface area contributed by atoms with Gasteiger partial charge < -0.3 is 9.47 Å².